The van der Waals surface area contributed by atoms with Gasteiger partial charge in [0.1, 0.15) is 0 Å². The van der Waals surface area contributed by atoms with E-state index in [1.54, 1.807) is 0 Å². The van der Waals surface area contributed by atoms with E-state index >= 15 is 0 Å². The first-order valence-corrected chi connectivity index (χ1v) is 6.13. The molecule has 14 heavy (non-hydrogen) atoms. The Morgan fingerprint density at radius 1 is 1.36 bits per heavy atom. The number of nitrogens with one attached hydrogen (secondary N) is 1. The minimum Gasteiger partial charge on any atom is -0.316 e. The lowest BCUT2D eigenvalue weighted by molar-refractivity contribution is 0.0802. The molecule has 0 aromatic rings. The van der Waals surface area contributed by atoms with Gasteiger partial charge in [-0.2, -0.15) is 0 Å². The Kier molecular flexibility index (Phi) is 4.90. The van der Waals surface area contributed by atoms with E-state index in [2.05, 4.69) is 38.0 Å². The van der Waals surface area contributed by atoms with E-state index in [9.17, 15) is 0 Å². The largest absolute Gasteiger partial charge is 0.316 e. The molecular weight excluding hydrogens is 172 g/mol. The highest BCUT2D eigenvalue weighted by molar-refractivity contribution is 4.86. The third kappa shape index (κ3) is 2.71. The number of nitrogens with zero attached hydrogens (tertiary/aromatic N) is 1. The minimum absolute atomic E-state index is 0.629. The van der Waals surface area contributed by atoms with Crippen LogP contribution in [0.25, 0.3) is 0 Å². The zero-order chi connectivity index (χ0) is 10.6. The summed E-state index contributed by atoms with van der Waals surface area (Å²) in [5.74, 6) is 0. The molecule has 2 nitrogen and oxygen atoms in total. The molecule has 0 aromatic carbocycles. The smallest absolute Gasteiger partial charge is 0.0249 e. The van der Waals surface area contributed by atoms with Crippen LogP contribution in [0.15, 0.2) is 0 Å². The van der Waals surface area contributed by atoms with E-state index in [1.165, 1.54) is 32.2 Å². The molecule has 84 valence electrons. The summed E-state index contributed by atoms with van der Waals surface area (Å²) in [7, 11) is 2.08. The van der Waals surface area contributed by atoms with Crippen LogP contribution in [-0.2, 0) is 0 Å². The van der Waals surface area contributed by atoms with Crippen LogP contribution >= 0.6 is 0 Å². The fourth-order valence-electron chi connectivity index (χ4n) is 2.49. The second-order valence-electron chi connectivity index (χ2n) is 4.64. The van der Waals surface area contributed by atoms with Crippen LogP contribution in [0.2, 0.25) is 0 Å². The van der Waals surface area contributed by atoms with Gasteiger partial charge in [-0.1, -0.05) is 13.3 Å². The highest BCUT2D eigenvalue weighted by atomic mass is 15.2. The first-order chi connectivity index (χ1) is 6.70. The maximum absolute atomic E-state index is 3.40. The van der Waals surface area contributed by atoms with Crippen molar-refractivity contribution in [2.75, 3.05) is 13.6 Å². The van der Waals surface area contributed by atoms with Crippen molar-refractivity contribution in [3.63, 3.8) is 0 Å². The summed E-state index contributed by atoms with van der Waals surface area (Å²) >= 11 is 0. The third-order valence-corrected chi connectivity index (χ3v) is 3.78. The molecule has 0 aromatic heterocycles. The molecule has 0 radical (unpaired) electrons. The SMILES string of the molecule is CCC(C)N1CCCCC1C(C)NC. The molecular formula is C12H26N2. The number of likely N-dealkylation sites (tertiary alicyclic amines) is 1. The molecule has 0 bridgehead atoms. The summed E-state index contributed by atoms with van der Waals surface area (Å²) in [6, 6.07) is 2.13. The fraction of sp³-hybridized carbons (Fsp3) is 1.00. The molecule has 1 aliphatic heterocycles. The van der Waals surface area contributed by atoms with Crippen LogP contribution < -0.4 is 5.32 Å². The van der Waals surface area contributed by atoms with Gasteiger partial charge in [0.15, 0.2) is 0 Å². The molecule has 1 aliphatic rings. The normalized spacial score (nSPS) is 28.7. The van der Waals surface area contributed by atoms with Gasteiger partial charge in [0.05, 0.1) is 0 Å². The highest BCUT2D eigenvalue weighted by Gasteiger charge is 2.28. The van der Waals surface area contributed by atoms with E-state index in [1.807, 2.05) is 0 Å². The maximum Gasteiger partial charge on any atom is 0.0249 e. The van der Waals surface area contributed by atoms with E-state index in [4.69, 9.17) is 0 Å². The monoisotopic (exact) mass is 198 g/mol. The first kappa shape index (κ1) is 12.0. The van der Waals surface area contributed by atoms with E-state index in [0.29, 0.717) is 6.04 Å². The molecule has 1 saturated heterocycles. The van der Waals surface area contributed by atoms with Gasteiger partial charge in [0.25, 0.3) is 0 Å². The van der Waals surface area contributed by atoms with Crippen LogP contribution in [0.4, 0.5) is 0 Å². The number of hydrogen-bond donors (Lipinski definition) is 1. The lowest BCUT2D eigenvalue weighted by Crippen LogP contribution is -2.53. The highest BCUT2D eigenvalue weighted by Crippen LogP contribution is 2.22. The molecule has 0 spiro atoms. The van der Waals surface area contributed by atoms with Gasteiger partial charge in [-0.15, -0.1) is 0 Å². The second-order valence-corrected chi connectivity index (χ2v) is 4.64. The molecule has 0 aliphatic carbocycles. The van der Waals surface area contributed by atoms with E-state index in [-0.39, 0.29) is 0 Å². The first-order valence-electron chi connectivity index (χ1n) is 6.13. The summed E-state index contributed by atoms with van der Waals surface area (Å²) in [6.45, 7) is 8.26. The molecule has 1 fully saturated rings. The fourth-order valence-corrected chi connectivity index (χ4v) is 2.49. The van der Waals surface area contributed by atoms with Gasteiger partial charge in [0, 0.05) is 18.1 Å². The zero-order valence-corrected chi connectivity index (χ0v) is 10.2. The van der Waals surface area contributed by atoms with Crippen molar-refractivity contribution in [3.8, 4) is 0 Å². The van der Waals surface area contributed by atoms with Crippen molar-refractivity contribution in [1.82, 2.24) is 10.2 Å². The Morgan fingerprint density at radius 2 is 2.07 bits per heavy atom. The van der Waals surface area contributed by atoms with Gasteiger partial charge in [-0.25, -0.2) is 0 Å². The molecule has 2 heteroatoms. The van der Waals surface area contributed by atoms with Gasteiger partial charge >= 0.3 is 0 Å². The second kappa shape index (κ2) is 5.72. The quantitative estimate of drug-likeness (QED) is 0.745. The lowest BCUT2D eigenvalue weighted by atomic mass is 9.94. The van der Waals surface area contributed by atoms with Crippen LogP contribution in [0.3, 0.4) is 0 Å². The maximum atomic E-state index is 3.40. The summed E-state index contributed by atoms with van der Waals surface area (Å²) in [4.78, 5) is 2.70. The molecule has 1 N–H and O–H groups in total. The number of likely N-dealkylation sites (N-methyl/N-ethyl adjacent to an activating group) is 1. The molecule has 3 atom stereocenters. The average molecular weight is 198 g/mol. The van der Waals surface area contributed by atoms with E-state index in [0.717, 1.165) is 12.1 Å². The van der Waals surface area contributed by atoms with Crippen molar-refractivity contribution in [1.29, 1.82) is 0 Å². The summed E-state index contributed by atoms with van der Waals surface area (Å²) in [5.41, 5.74) is 0. The molecule has 0 saturated carbocycles. The van der Waals surface area contributed by atoms with Gasteiger partial charge in [0.2, 0.25) is 0 Å². The van der Waals surface area contributed by atoms with Crippen LogP contribution in [0.5, 0.6) is 0 Å². The number of piperidine rings is 1. The molecule has 0 amide bonds. The summed E-state index contributed by atoms with van der Waals surface area (Å²) in [6.07, 6.45) is 5.43. The Morgan fingerprint density at radius 3 is 2.64 bits per heavy atom. The van der Waals surface area contributed by atoms with Gasteiger partial charge in [-0.05, 0) is 46.7 Å². The topological polar surface area (TPSA) is 15.3 Å². The third-order valence-electron chi connectivity index (χ3n) is 3.78. The van der Waals surface area contributed by atoms with Crippen molar-refractivity contribution in [2.45, 2.75) is 64.6 Å². The Balaban J connectivity index is 2.58. The average Bonchev–Trinajstić information content (AvgIpc) is 2.27. The van der Waals surface area contributed by atoms with Crippen LogP contribution in [0.1, 0.15) is 46.5 Å². The Labute approximate surface area is 89.1 Å². The van der Waals surface area contributed by atoms with Crippen molar-refractivity contribution >= 4 is 0 Å². The van der Waals surface area contributed by atoms with Gasteiger partial charge < -0.3 is 5.32 Å². The lowest BCUT2D eigenvalue weighted by Gasteiger charge is -2.42. The Bertz CT molecular complexity index is 140. The standard InChI is InChI=1S/C12H26N2/c1-5-10(2)14-9-7-6-8-12(14)11(3)13-4/h10-13H,5-9H2,1-4H3. The summed E-state index contributed by atoms with van der Waals surface area (Å²) in [5, 5.41) is 3.40. The van der Waals surface area contributed by atoms with E-state index < -0.39 is 0 Å². The van der Waals surface area contributed by atoms with Crippen LogP contribution in [-0.4, -0.2) is 36.6 Å². The predicted molar refractivity (Wildman–Crippen MR) is 62.6 cm³/mol. The molecule has 1 rings (SSSR count). The predicted octanol–water partition coefficient (Wildman–Crippen LogP) is 2.25. The van der Waals surface area contributed by atoms with Crippen molar-refractivity contribution < 1.29 is 0 Å². The molecule has 3 unspecified atom stereocenters. The number of rotatable bonds is 4. The minimum atomic E-state index is 0.629. The zero-order valence-electron chi connectivity index (χ0n) is 10.2. The van der Waals surface area contributed by atoms with Gasteiger partial charge in [-0.3, -0.25) is 4.90 Å². The van der Waals surface area contributed by atoms with Crippen molar-refractivity contribution in [3.05, 3.63) is 0 Å². The Hall–Kier alpha value is -0.0800. The number of hydrogen-bond acceptors (Lipinski definition) is 2. The van der Waals surface area contributed by atoms with Crippen molar-refractivity contribution in [2.24, 2.45) is 0 Å². The van der Waals surface area contributed by atoms with Crippen LogP contribution in [0, 0.1) is 0 Å². The summed E-state index contributed by atoms with van der Waals surface area (Å²) < 4.78 is 0. The molecule has 1 heterocycles.